The summed E-state index contributed by atoms with van der Waals surface area (Å²) in [4.78, 5) is 15.0. The van der Waals surface area contributed by atoms with Gasteiger partial charge < -0.3 is 64.7 Å². The Morgan fingerprint density at radius 2 is 1.29 bits per heavy atom. The zero-order valence-corrected chi connectivity index (χ0v) is 27.6. The zero-order chi connectivity index (χ0) is 37.3. The quantitative estimate of drug-likeness (QED) is 0.117. The van der Waals surface area contributed by atoms with Crippen LogP contribution in [0.2, 0.25) is 0 Å². The number of benzene rings is 3. The minimum absolute atomic E-state index is 0.173. The van der Waals surface area contributed by atoms with E-state index < -0.39 is 104 Å². The van der Waals surface area contributed by atoms with Gasteiger partial charge in [-0.05, 0) is 72.5 Å². The van der Waals surface area contributed by atoms with E-state index in [2.05, 4.69) is 0 Å². The normalized spacial score (nSPS) is 34.1. The van der Waals surface area contributed by atoms with Gasteiger partial charge in [0, 0.05) is 5.69 Å². The minimum atomic E-state index is -1.81. The van der Waals surface area contributed by atoms with E-state index in [1.807, 2.05) is 0 Å². The van der Waals surface area contributed by atoms with E-state index in [4.69, 9.17) is 18.9 Å². The zero-order valence-electron chi connectivity index (χ0n) is 27.6. The van der Waals surface area contributed by atoms with Gasteiger partial charge in [0.25, 0.3) is 0 Å². The summed E-state index contributed by atoms with van der Waals surface area (Å²) in [7, 11) is 0. The Morgan fingerprint density at radius 3 is 1.90 bits per heavy atom. The third-order valence-corrected chi connectivity index (χ3v) is 9.76. The number of carbonyl (C=O) groups excluding carboxylic acids is 1. The second-order valence-electron chi connectivity index (χ2n) is 13.1. The van der Waals surface area contributed by atoms with Crippen molar-refractivity contribution in [2.24, 2.45) is 5.92 Å². The number of aliphatic hydroxyl groups is 8. The molecular weight excluding hydrogens is 692 g/mol. The van der Waals surface area contributed by atoms with E-state index >= 15 is 0 Å². The fraction of sp³-hybridized carbons (Fsp3) is 0.472. The maximum atomic E-state index is 13.7. The van der Waals surface area contributed by atoms with Crippen molar-refractivity contribution in [3.8, 4) is 5.75 Å². The molecule has 13 atom stereocenters. The van der Waals surface area contributed by atoms with Crippen LogP contribution in [0.1, 0.15) is 36.1 Å². The highest BCUT2D eigenvalue weighted by Gasteiger charge is 2.52. The average Bonchev–Trinajstić information content (AvgIpc) is 3.15. The number of aliphatic hydroxyl groups excluding tert-OH is 8. The molecule has 0 aliphatic carbocycles. The molecule has 282 valence electrons. The van der Waals surface area contributed by atoms with Crippen molar-refractivity contribution in [3.05, 3.63) is 95.6 Å². The Bertz CT molecular complexity index is 1630. The molecular formula is C36H41F2NO13. The van der Waals surface area contributed by atoms with Gasteiger partial charge in [-0.15, -0.1) is 0 Å². The first-order valence-electron chi connectivity index (χ1n) is 16.8. The van der Waals surface area contributed by atoms with Gasteiger partial charge in [0.1, 0.15) is 66.2 Å². The Morgan fingerprint density at radius 1 is 0.712 bits per heavy atom. The van der Waals surface area contributed by atoms with E-state index in [-0.39, 0.29) is 24.5 Å². The summed E-state index contributed by atoms with van der Waals surface area (Å²) in [5.74, 6) is -1.53. The molecule has 3 heterocycles. The summed E-state index contributed by atoms with van der Waals surface area (Å²) in [5.41, 5.74) is 1.65. The van der Waals surface area contributed by atoms with Gasteiger partial charge in [0.2, 0.25) is 12.2 Å². The van der Waals surface area contributed by atoms with Crippen LogP contribution in [-0.2, 0) is 19.0 Å². The van der Waals surface area contributed by atoms with E-state index in [0.717, 1.165) is 0 Å². The summed E-state index contributed by atoms with van der Waals surface area (Å²) in [6.45, 7) is -1.46. The first-order valence-corrected chi connectivity index (χ1v) is 16.8. The molecule has 3 saturated heterocycles. The van der Waals surface area contributed by atoms with Crippen molar-refractivity contribution in [2.45, 2.75) is 86.4 Å². The lowest BCUT2D eigenvalue weighted by Gasteiger charge is -2.48. The highest BCUT2D eigenvalue weighted by atomic mass is 19.1. The molecule has 0 aromatic heterocycles. The van der Waals surface area contributed by atoms with Crippen LogP contribution in [0.25, 0.3) is 0 Å². The second-order valence-corrected chi connectivity index (χ2v) is 13.1. The van der Waals surface area contributed by atoms with Crippen molar-refractivity contribution in [1.29, 1.82) is 0 Å². The molecule has 0 bridgehead atoms. The fourth-order valence-corrected chi connectivity index (χ4v) is 6.82. The number of anilines is 1. The first-order chi connectivity index (χ1) is 24.9. The van der Waals surface area contributed by atoms with Crippen LogP contribution >= 0.6 is 0 Å². The highest BCUT2D eigenvalue weighted by Crippen LogP contribution is 2.46. The summed E-state index contributed by atoms with van der Waals surface area (Å²) in [6.07, 6.45) is -16.5. The molecule has 6 rings (SSSR count). The molecule has 3 aliphatic rings. The predicted octanol–water partition coefficient (Wildman–Crippen LogP) is 0.186. The van der Waals surface area contributed by atoms with Crippen LogP contribution in [0.4, 0.5) is 14.5 Å². The van der Waals surface area contributed by atoms with Crippen LogP contribution < -0.4 is 9.64 Å². The van der Waals surface area contributed by atoms with Crippen molar-refractivity contribution < 1.29 is 73.4 Å². The minimum Gasteiger partial charge on any atom is -0.462 e. The number of ether oxygens (including phenoxy) is 4. The Kier molecular flexibility index (Phi) is 11.8. The van der Waals surface area contributed by atoms with E-state index in [1.165, 1.54) is 53.4 Å². The number of nitrogens with zero attached hydrogens (tertiary/aromatic N) is 1. The molecule has 1 amide bonds. The average molecular weight is 734 g/mol. The van der Waals surface area contributed by atoms with Gasteiger partial charge in [-0.1, -0.05) is 24.3 Å². The van der Waals surface area contributed by atoms with Crippen molar-refractivity contribution in [1.82, 2.24) is 0 Å². The molecule has 3 aromatic carbocycles. The van der Waals surface area contributed by atoms with E-state index in [1.54, 1.807) is 24.3 Å². The molecule has 8 N–H and O–H groups in total. The summed E-state index contributed by atoms with van der Waals surface area (Å²) < 4.78 is 49.5. The molecule has 0 radical (unpaired) electrons. The fourth-order valence-electron chi connectivity index (χ4n) is 6.82. The third-order valence-electron chi connectivity index (χ3n) is 9.76. The second kappa shape index (κ2) is 16.2. The van der Waals surface area contributed by atoms with E-state index in [0.29, 0.717) is 16.8 Å². The summed E-state index contributed by atoms with van der Waals surface area (Å²) in [6, 6.07) is 16.8. The maximum absolute atomic E-state index is 13.7. The topological polar surface area (TPSA) is 219 Å². The Labute approximate surface area is 296 Å². The number of rotatable bonds is 12. The monoisotopic (exact) mass is 733 g/mol. The first kappa shape index (κ1) is 38.1. The van der Waals surface area contributed by atoms with Crippen LogP contribution in [0.3, 0.4) is 0 Å². The maximum Gasteiger partial charge on any atom is 0.233 e. The third kappa shape index (κ3) is 7.69. The van der Waals surface area contributed by atoms with Gasteiger partial charge in [0.05, 0.1) is 31.3 Å². The van der Waals surface area contributed by atoms with Gasteiger partial charge in [-0.25, -0.2) is 8.78 Å². The smallest absolute Gasteiger partial charge is 0.233 e. The Balaban J connectivity index is 1.14. The number of carbonyl (C=O) groups is 1. The summed E-state index contributed by atoms with van der Waals surface area (Å²) in [5, 5.41) is 82.5. The number of amides is 1. The lowest BCUT2D eigenvalue weighted by Crippen LogP contribution is -2.65. The molecule has 3 fully saturated rings. The molecule has 0 spiro atoms. The molecule has 1 unspecified atom stereocenters. The number of β-lactam (4-membered cyclic amide) rings is 1. The predicted molar refractivity (Wildman–Crippen MR) is 174 cm³/mol. The molecule has 3 aromatic rings. The Hall–Kier alpha value is -3.65. The number of halogens is 2. The van der Waals surface area contributed by atoms with Crippen molar-refractivity contribution >= 4 is 11.6 Å². The van der Waals surface area contributed by atoms with Crippen LogP contribution in [0.5, 0.6) is 5.75 Å². The van der Waals surface area contributed by atoms with Crippen LogP contribution in [0.15, 0.2) is 72.8 Å². The standard InChI is InChI=1S/C36H41F2NO13/c37-19-5-1-17(2-6-19)24(42)14-13-23-27(39(34(23)48)21-9-7-20(38)8-10-21)18-3-11-22(12-4-18)49-35-32(47)30(45)33(26(16-41)51-35)52-36-31(46)29(44)28(43)25(15-40)50-36/h1-12,23-33,35-36,40-47H,13-16H2/t23-,24?,25-,26-,27-,28-,29-,30+,31-,32-,33-,35-,36+/m1/s1. The van der Waals surface area contributed by atoms with Gasteiger partial charge in [-0.3, -0.25) is 4.79 Å². The van der Waals surface area contributed by atoms with Gasteiger partial charge >= 0.3 is 0 Å². The molecule has 3 aliphatic heterocycles. The SMILES string of the molecule is O=C1[C@H](CCC(O)c2ccc(F)cc2)[C@@H](c2ccc(O[C@@H]3O[C@H](CO)[C@@H](O[C@@H]4O[C@H](CO)[C@@H](O)[C@@H](O)[C@H]4O)[C@@H](O)[C@H]3O)cc2)N1c1ccc(F)cc1. The molecule has 16 heteroatoms. The van der Waals surface area contributed by atoms with Crippen LogP contribution in [-0.4, -0.2) is 121 Å². The highest BCUT2D eigenvalue weighted by molar-refractivity contribution is 6.03. The molecule has 14 nitrogen and oxygen atoms in total. The molecule has 0 saturated carbocycles. The van der Waals surface area contributed by atoms with Gasteiger partial charge in [-0.2, -0.15) is 0 Å². The van der Waals surface area contributed by atoms with E-state index in [9.17, 15) is 54.4 Å². The number of hydrogen-bond donors (Lipinski definition) is 8. The number of hydrogen-bond acceptors (Lipinski definition) is 13. The largest absolute Gasteiger partial charge is 0.462 e. The van der Waals surface area contributed by atoms with Gasteiger partial charge in [0.15, 0.2) is 6.29 Å². The molecule has 52 heavy (non-hydrogen) atoms. The van der Waals surface area contributed by atoms with Crippen LogP contribution in [0, 0.1) is 17.6 Å². The van der Waals surface area contributed by atoms with Crippen molar-refractivity contribution in [2.75, 3.05) is 18.1 Å². The van der Waals surface area contributed by atoms with Crippen molar-refractivity contribution in [3.63, 3.8) is 0 Å². The summed E-state index contributed by atoms with van der Waals surface area (Å²) >= 11 is 0. The lowest BCUT2D eigenvalue weighted by atomic mass is 9.78. The lowest BCUT2D eigenvalue weighted by molar-refractivity contribution is -0.352.